The number of nitrogens with zero attached hydrogens (tertiary/aromatic N) is 6. The van der Waals surface area contributed by atoms with Crippen LogP contribution in [0, 0.1) is 11.8 Å². The number of anilines is 1. The lowest BCUT2D eigenvalue weighted by Gasteiger charge is -2.30. The van der Waals surface area contributed by atoms with Crippen molar-refractivity contribution in [1.29, 1.82) is 0 Å². The predicted octanol–water partition coefficient (Wildman–Crippen LogP) is 6.77. The minimum absolute atomic E-state index is 0.0230. The third kappa shape index (κ3) is 8.14. The summed E-state index contributed by atoms with van der Waals surface area (Å²) < 4.78 is 4.76. The van der Waals surface area contributed by atoms with Gasteiger partial charge in [-0.1, -0.05) is 76.2 Å². The molecule has 1 unspecified atom stereocenters. The maximum atomic E-state index is 13.8. The van der Waals surface area contributed by atoms with Gasteiger partial charge in [0, 0.05) is 25.5 Å². The van der Waals surface area contributed by atoms with Crippen molar-refractivity contribution in [1.82, 2.24) is 45.0 Å². The second kappa shape index (κ2) is 16.8. The summed E-state index contributed by atoms with van der Waals surface area (Å²) >= 11 is 0. The van der Waals surface area contributed by atoms with E-state index in [-0.39, 0.29) is 35.7 Å². The Morgan fingerprint density at radius 1 is 0.679 bits per heavy atom. The van der Waals surface area contributed by atoms with Gasteiger partial charge in [0.2, 0.25) is 17.8 Å². The van der Waals surface area contributed by atoms with Gasteiger partial charge in [-0.3, -0.25) is 9.59 Å². The van der Waals surface area contributed by atoms with Gasteiger partial charge in [-0.25, -0.2) is 24.7 Å². The number of alkyl carbamates (subject to hydrolysis) is 1. The molecule has 2 saturated heterocycles. The molecule has 7 rings (SSSR count). The Labute approximate surface area is 326 Å². The Hall–Kier alpha value is -6.05. The minimum atomic E-state index is -0.682. The second-order valence-corrected chi connectivity index (χ2v) is 15.2. The molecule has 292 valence electrons. The number of rotatable bonds is 12. The first-order valence-electron chi connectivity index (χ1n) is 19.4. The number of carbonyl (C=O) groups is 3. The molecule has 2 aromatic carbocycles. The lowest BCUT2D eigenvalue weighted by atomic mass is 10.0. The molecular weight excluding hydrogens is 709 g/mol. The monoisotopic (exact) mass is 758 g/mol. The maximum absolute atomic E-state index is 13.8. The van der Waals surface area contributed by atoms with Crippen molar-refractivity contribution in [2.75, 3.05) is 25.5 Å². The highest BCUT2D eigenvalue weighted by Gasteiger charge is 2.38. The molecule has 3 aromatic heterocycles. The molecule has 0 aliphatic carbocycles. The number of ether oxygens (including phenoxy) is 1. The molecule has 0 bridgehead atoms. The zero-order chi connectivity index (χ0) is 39.3. The van der Waals surface area contributed by atoms with Gasteiger partial charge in [-0.15, -0.1) is 0 Å². The first-order chi connectivity index (χ1) is 27.1. The van der Waals surface area contributed by atoms with Crippen molar-refractivity contribution in [3.05, 3.63) is 91.0 Å². The average Bonchev–Trinajstić information content (AvgIpc) is 4.06. The molecular formula is C42H50N10O4. The molecule has 4 N–H and O–H groups in total. The highest BCUT2D eigenvalue weighted by molar-refractivity contribution is 5.87. The van der Waals surface area contributed by atoms with Gasteiger partial charge in [0.1, 0.15) is 23.7 Å². The Kier molecular flexibility index (Phi) is 11.4. The van der Waals surface area contributed by atoms with Crippen LogP contribution in [-0.4, -0.2) is 89.9 Å². The topological polar surface area (TPSA) is 174 Å². The zero-order valence-electron chi connectivity index (χ0n) is 32.5. The van der Waals surface area contributed by atoms with Gasteiger partial charge in [0.05, 0.1) is 43.0 Å². The number of imidazole rings is 2. The van der Waals surface area contributed by atoms with E-state index in [4.69, 9.17) is 9.72 Å². The van der Waals surface area contributed by atoms with E-state index in [1.165, 1.54) is 7.11 Å². The van der Waals surface area contributed by atoms with Crippen LogP contribution in [0.4, 0.5) is 10.7 Å². The Bertz CT molecular complexity index is 2110. The third-order valence-electron chi connectivity index (χ3n) is 10.8. The number of H-pyrrole nitrogens is 2. The number of hydrogen-bond donors (Lipinski definition) is 4. The molecule has 2 aliphatic rings. The van der Waals surface area contributed by atoms with Gasteiger partial charge in [0.25, 0.3) is 0 Å². The zero-order valence-corrected chi connectivity index (χ0v) is 32.5. The highest BCUT2D eigenvalue weighted by atomic mass is 16.5. The van der Waals surface area contributed by atoms with Crippen molar-refractivity contribution in [2.45, 2.75) is 77.5 Å². The lowest BCUT2D eigenvalue weighted by Crippen LogP contribution is -2.51. The van der Waals surface area contributed by atoms with E-state index in [9.17, 15) is 14.4 Å². The normalized spacial score (nSPS) is 18.0. The van der Waals surface area contributed by atoms with E-state index >= 15 is 0 Å². The van der Waals surface area contributed by atoms with E-state index in [0.717, 1.165) is 71.0 Å². The highest BCUT2D eigenvalue weighted by Crippen LogP contribution is 2.35. The van der Waals surface area contributed by atoms with Crippen LogP contribution in [0.3, 0.4) is 0 Å². The fraction of sp³-hybridized carbons (Fsp3) is 0.405. The molecule has 56 heavy (non-hydrogen) atoms. The minimum Gasteiger partial charge on any atom is -0.453 e. The maximum Gasteiger partial charge on any atom is 0.407 e. The summed E-state index contributed by atoms with van der Waals surface area (Å²) in [7, 11) is 1.29. The van der Waals surface area contributed by atoms with Crippen LogP contribution >= 0.6 is 0 Å². The number of likely N-dealkylation sites (tertiary alicyclic amines) is 2. The molecule has 5 heterocycles. The van der Waals surface area contributed by atoms with Crippen LogP contribution in [0.5, 0.6) is 0 Å². The number of hydrogen-bond acceptors (Lipinski definition) is 9. The summed E-state index contributed by atoms with van der Waals surface area (Å²) in [5.74, 6) is 1.79. The van der Waals surface area contributed by atoms with Gasteiger partial charge >= 0.3 is 6.09 Å². The lowest BCUT2D eigenvalue weighted by molar-refractivity contribution is -0.135. The molecule has 0 radical (unpaired) electrons. The fourth-order valence-corrected chi connectivity index (χ4v) is 7.70. The molecule has 14 heteroatoms. The number of aromatic nitrogens is 6. The van der Waals surface area contributed by atoms with Crippen molar-refractivity contribution in [2.24, 2.45) is 11.8 Å². The van der Waals surface area contributed by atoms with Crippen molar-refractivity contribution in [3.8, 4) is 33.6 Å². The standard InChI is InChI=1S/C42H50N10O4/c1-25(2)35(49-41-43-19-8-20-44-41)39(53)51-21-6-9-33(51)37-45-23-31(47-37)29-15-11-27(12-16-29)28-13-17-30(18-14-28)32-24-46-38(48-32)34-10-7-22-52(34)40(54)36(26(3)4)50-42(55)56-5/h8,11-20,23-26,33-36H,6-7,9-10,21-22H2,1-5H3,(H,45,47)(H,46,48)(H,50,55)(H,43,44,49)/t33-,34-,35-,36?/m0/s1. The number of aromatic amines is 2. The summed E-state index contributed by atoms with van der Waals surface area (Å²) in [6.45, 7) is 9.13. The number of nitrogens with one attached hydrogen (secondary N) is 4. The summed E-state index contributed by atoms with van der Waals surface area (Å²) in [5, 5.41) is 5.94. The molecule has 0 spiro atoms. The Morgan fingerprint density at radius 2 is 1.12 bits per heavy atom. The molecule has 2 fully saturated rings. The van der Waals surface area contributed by atoms with Crippen molar-refractivity contribution in [3.63, 3.8) is 0 Å². The first kappa shape index (κ1) is 38.2. The van der Waals surface area contributed by atoms with E-state index in [2.05, 4.69) is 84.1 Å². The largest absolute Gasteiger partial charge is 0.453 e. The van der Waals surface area contributed by atoms with Crippen LogP contribution in [0.25, 0.3) is 33.6 Å². The van der Waals surface area contributed by atoms with Gasteiger partial charge in [0.15, 0.2) is 0 Å². The molecule has 0 saturated carbocycles. The summed E-state index contributed by atoms with van der Waals surface area (Å²) in [5.41, 5.74) is 5.91. The van der Waals surface area contributed by atoms with Crippen LogP contribution in [0.15, 0.2) is 79.4 Å². The summed E-state index contributed by atoms with van der Waals surface area (Å²) in [4.78, 5) is 68.0. The van der Waals surface area contributed by atoms with E-state index in [1.54, 1.807) is 18.5 Å². The smallest absolute Gasteiger partial charge is 0.407 e. The first-order valence-corrected chi connectivity index (χ1v) is 19.4. The van der Waals surface area contributed by atoms with E-state index < -0.39 is 18.2 Å². The predicted molar refractivity (Wildman–Crippen MR) is 213 cm³/mol. The summed E-state index contributed by atoms with van der Waals surface area (Å²) in [6, 6.07) is 17.0. The fourth-order valence-electron chi connectivity index (χ4n) is 7.70. The molecule has 2 aliphatic heterocycles. The number of benzene rings is 2. The van der Waals surface area contributed by atoms with Crippen LogP contribution in [-0.2, 0) is 14.3 Å². The van der Waals surface area contributed by atoms with Crippen molar-refractivity contribution >= 4 is 23.9 Å². The van der Waals surface area contributed by atoms with Crippen LogP contribution < -0.4 is 10.6 Å². The molecule has 3 amide bonds. The van der Waals surface area contributed by atoms with Crippen LogP contribution in [0.2, 0.25) is 0 Å². The third-order valence-corrected chi connectivity index (χ3v) is 10.8. The number of carbonyl (C=O) groups excluding carboxylic acids is 3. The van der Waals surface area contributed by atoms with Gasteiger partial charge in [-0.05, 0) is 65.8 Å². The summed E-state index contributed by atoms with van der Waals surface area (Å²) in [6.07, 6.45) is 9.75. The molecule has 5 aromatic rings. The SMILES string of the molecule is COC(=O)NC(C(=O)N1CCC[C@H]1c1ncc(-c2ccc(-c3ccc(-c4cnc([C@@H]5CCCN5C(=O)[C@@H](Nc5ncccn5)C(C)C)[nH]4)cc3)cc2)[nH]1)C(C)C. The second-order valence-electron chi connectivity index (χ2n) is 15.2. The van der Waals surface area contributed by atoms with Crippen LogP contribution in [0.1, 0.15) is 77.1 Å². The Morgan fingerprint density at radius 3 is 1.57 bits per heavy atom. The van der Waals surface area contributed by atoms with Gasteiger partial charge in [-0.2, -0.15) is 0 Å². The van der Waals surface area contributed by atoms with Crippen molar-refractivity contribution < 1.29 is 19.1 Å². The quantitative estimate of drug-likeness (QED) is 0.107. The number of methoxy groups -OCH3 is 1. The van der Waals surface area contributed by atoms with E-state index in [0.29, 0.717) is 19.0 Å². The Balaban J connectivity index is 0.997. The molecule has 14 nitrogen and oxygen atoms in total. The average molecular weight is 759 g/mol. The van der Waals surface area contributed by atoms with Gasteiger partial charge < -0.3 is 35.1 Å². The molecule has 4 atom stereocenters. The van der Waals surface area contributed by atoms with E-state index in [1.807, 2.05) is 49.9 Å². The number of amides is 3.